The van der Waals surface area contributed by atoms with E-state index >= 15 is 0 Å². The van der Waals surface area contributed by atoms with E-state index in [1.165, 1.54) is 24.8 Å². The van der Waals surface area contributed by atoms with Crippen molar-refractivity contribution in [3.63, 3.8) is 0 Å². The third-order valence-corrected chi connectivity index (χ3v) is 6.18. The van der Waals surface area contributed by atoms with Crippen molar-refractivity contribution in [3.8, 4) is 16.9 Å². The lowest BCUT2D eigenvalue weighted by Gasteiger charge is -2.13. The molecular weight excluding hydrogens is 420 g/mol. The van der Waals surface area contributed by atoms with Crippen LogP contribution in [0.2, 0.25) is 0 Å². The summed E-state index contributed by atoms with van der Waals surface area (Å²) in [4.78, 5) is 18.0. The zero-order valence-corrected chi connectivity index (χ0v) is 20.1. The van der Waals surface area contributed by atoms with Crippen molar-refractivity contribution in [3.05, 3.63) is 94.9 Å². The number of pyridine rings is 2. The summed E-state index contributed by atoms with van der Waals surface area (Å²) in [5.41, 5.74) is 3.83. The zero-order chi connectivity index (χ0) is 23.6. The number of aryl methyl sites for hydroxylation is 2. The minimum Gasteiger partial charge on any atom is -0.494 e. The first kappa shape index (κ1) is 23.7. The minimum atomic E-state index is 0.0255. The molecule has 0 saturated carbocycles. The number of aromatic nitrogens is 2. The Morgan fingerprint density at radius 3 is 2.41 bits per heavy atom. The predicted octanol–water partition coefficient (Wildman–Crippen LogP) is 7.05. The van der Waals surface area contributed by atoms with Gasteiger partial charge in [0.1, 0.15) is 11.4 Å². The molecule has 0 radical (unpaired) electrons. The fourth-order valence-corrected chi connectivity index (χ4v) is 4.35. The van der Waals surface area contributed by atoms with Crippen molar-refractivity contribution in [2.45, 2.75) is 58.4 Å². The molecular formula is C30H34N2O2. The lowest BCUT2D eigenvalue weighted by molar-refractivity contribution is 0.317. The van der Waals surface area contributed by atoms with Gasteiger partial charge in [-0.3, -0.25) is 9.36 Å². The highest BCUT2D eigenvalue weighted by Crippen LogP contribution is 2.23. The number of rotatable bonds is 12. The second-order valence-corrected chi connectivity index (χ2v) is 8.81. The van der Waals surface area contributed by atoms with Crippen molar-refractivity contribution in [1.82, 2.24) is 9.55 Å². The van der Waals surface area contributed by atoms with E-state index in [4.69, 9.17) is 4.74 Å². The molecule has 0 N–H and O–H groups in total. The molecule has 4 aromatic rings. The van der Waals surface area contributed by atoms with Crippen LogP contribution < -0.4 is 10.3 Å². The molecule has 0 aliphatic heterocycles. The summed E-state index contributed by atoms with van der Waals surface area (Å²) in [5, 5.41) is 0.992. The van der Waals surface area contributed by atoms with Crippen LogP contribution in [0.5, 0.6) is 5.75 Å². The number of hydrogen-bond donors (Lipinski definition) is 0. The van der Waals surface area contributed by atoms with Gasteiger partial charge in [0.05, 0.1) is 6.61 Å². The molecule has 0 spiro atoms. The Hall–Kier alpha value is -3.40. The Morgan fingerprint density at radius 1 is 0.853 bits per heavy atom. The number of hydrogen-bond acceptors (Lipinski definition) is 3. The van der Waals surface area contributed by atoms with Gasteiger partial charge < -0.3 is 4.74 Å². The normalized spacial score (nSPS) is 11.1. The predicted molar refractivity (Wildman–Crippen MR) is 140 cm³/mol. The molecule has 0 bridgehead atoms. The molecule has 34 heavy (non-hydrogen) atoms. The van der Waals surface area contributed by atoms with Crippen LogP contribution in [0.1, 0.15) is 51.0 Å². The van der Waals surface area contributed by atoms with E-state index in [2.05, 4.69) is 42.2 Å². The van der Waals surface area contributed by atoms with Crippen molar-refractivity contribution < 1.29 is 4.74 Å². The Kier molecular flexibility index (Phi) is 8.50. The molecule has 0 aliphatic rings. The van der Waals surface area contributed by atoms with Crippen LogP contribution in [0.15, 0.2) is 83.8 Å². The number of fused-ring (bicyclic) bond motifs is 1. The van der Waals surface area contributed by atoms with E-state index in [0.29, 0.717) is 18.7 Å². The molecule has 0 saturated heterocycles. The van der Waals surface area contributed by atoms with Crippen molar-refractivity contribution in [2.75, 3.05) is 6.61 Å². The van der Waals surface area contributed by atoms with E-state index in [-0.39, 0.29) is 5.56 Å². The van der Waals surface area contributed by atoms with Gasteiger partial charge in [-0.1, -0.05) is 68.7 Å². The molecule has 0 atom stereocenters. The van der Waals surface area contributed by atoms with Gasteiger partial charge in [0, 0.05) is 23.7 Å². The second-order valence-electron chi connectivity index (χ2n) is 8.81. The van der Waals surface area contributed by atoms with Gasteiger partial charge >= 0.3 is 0 Å². The molecule has 4 heteroatoms. The van der Waals surface area contributed by atoms with E-state index < -0.39 is 0 Å². The van der Waals surface area contributed by atoms with Crippen LogP contribution in [-0.2, 0) is 13.0 Å². The molecule has 4 rings (SSSR count). The fourth-order valence-electron chi connectivity index (χ4n) is 4.35. The van der Waals surface area contributed by atoms with Crippen LogP contribution in [-0.4, -0.2) is 16.2 Å². The standard InChI is InChI=1S/C30H34N2O2/c1-2-22-34-27-18-16-25(17-19-27)28-23-26-15-11-20-31-29(26)32(30(28)33)21-10-5-3-4-7-12-24-13-8-6-9-14-24/h6,8-9,11,13-20,23H,2-5,7,10,12,21-22H2,1H3. The fraction of sp³-hybridized carbons (Fsp3) is 0.333. The molecule has 0 fully saturated rings. The van der Waals surface area contributed by atoms with E-state index in [1.54, 1.807) is 6.20 Å². The maximum absolute atomic E-state index is 13.5. The molecule has 4 nitrogen and oxygen atoms in total. The highest BCUT2D eigenvalue weighted by atomic mass is 16.5. The molecule has 176 valence electrons. The van der Waals surface area contributed by atoms with Crippen molar-refractivity contribution in [1.29, 1.82) is 0 Å². The van der Waals surface area contributed by atoms with Gasteiger partial charge in [-0.05, 0) is 67.1 Å². The zero-order valence-electron chi connectivity index (χ0n) is 20.1. The van der Waals surface area contributed by atoms with Crippen LogP contribution in [0.3, 0.4) is 0 Å². The Balaban J connectivity index is 1.41. The summed E-state index contributed by atoms with van der Waals surface area (Å²) < 4.78 is 7.55. The highest BCUT2D eigenvalue weighted by Gasteiger charge is 2.12. The van der Waals surface area contributed by atoms with Gasteiger partial charge in [-0.25, -0.2) is 4.98 Å². The first-order valence-corrected chi connectivity index (χ1v) is 12.5. The van der Waals surface area contributed by atoms with Gasteiger partial charge in [0.25, 0.3) is 5.56 Å². The second kappa shape index (κ2) is 12.2. The summed E-state index contributed by atoms with van der Waals surface area (Å²) in [6.45, 7) is 3.47. The number of benzene rings is 2. The summed E-state index contributed by atoms with van der Waals surface area (Å²) in [7, 11) is 0. The van der Waals surface area contributed by atoms with Crippen LogP contribution in [0, 0.1) is 0 Å². The topological polar surface area (TPSA) is 44.1 Å². The molecule has 0 amide bonds. The van der Waals surface area contributed by atoms with Gasteiger partial charge in [0.2, 0.25) is 0 Å². The average molecular weight is 455 g/mol. The smallest absolute Gasteiger partial charge is 0.260 e. The first-order valence-electron chi connectivity index (χ1n) is 12.5. The summed E-state index contributed by atoms with van der Waals surface area (Å²) in [5.74, 6) is 0.834. The SMILES string of the molecule is CCCOc1ccc(-c2cc3cccnc3n(CCCCCCCc3ccccc3)c2=O)cc1. The average Bonchev–Trinajstić information content (AvgIpc) is 2.88. The maximum Gasteiger partial charge on any atom is 0.260 e. The first-order chi connectivity index (χ1) is 16.8. The third kappa shape index (κ3) is 6.13. The molecule has 0 unspecified atom stereocenters. The van der Waals surface area contributed by atoms with Crippen molar-refractivity contribution in [2.24, 2.45) is 0 Å². The minimum absolute atomic E-state index is 0.0255. The Labute approximate surface area is 202 Å². The Morgan fingerprint density at radius 2 is 1.62 bits per heavy atom. The van der Waals surface area contributed by atoms with Crippen LogP contribution in [0.25, 0.3) is 22.2 Å². The van der Waals surface area contributed by atoms with Gasteiger partial charge in [-0.15, -0.1) is 0 Å². The lowest BCUT2D eigenvalue weighted by atomic mass is 10.0. The number of nitrogens with zero attached hydrogens (tertiary/aromatic N) is 2. The third-order valence-electron chi connectivity index (χ3n) is 6.18. The monoisotopic (exact) mass is 454 g/mol. The number of unbranched alkanes of at least 4 members (excludes halogenated alkanes) is 4. The Bertz CT molecular complexity index is 1230. The lowest BCUT2D eigenvalue weighted by Crippen LogP contribution is -2.23. The largest absolute Gasteiger partial charge is 0.494 e. The summed E-state index contributed by atoms with van der Waals surface area (Å²) >= 11 is 0. The van der Waals surface area contributed by atoms with Gasteiger partial charge in [-0.2, -0.15) is 0 Å². The summed E-state index contributed by atoms with van der Waals surface area (Å²) in [6.07, 6.45) is 9.58. The summed E-state index contributed by atoms with van der Waals surface area (Å²) in [6, 6.07) is 24.4. The van der Waals surface area contributed by atoms with Crippen LogP contribution in [0.4, 0.5) is 0 Å². The molecule has 2 heterocycles. The van der Waals surface area contributed by atoms with E-state index in [0.717, 1.165) is 48.0 Å². The van der Waals surface area contributed by atoms with Crippen LogP contribution >= 0.6 is 0 Å². The molecule has 0 aliphatic carbocycles. The van der Waals surface area contributed by atoms with Gasteiger partial charge in [0.15, 0.2) is 0 Å². The van der Waals surface area contributed by atoms with E-state index in [1.807, 2.05) is 47.0 Å². The number of ether oxygens (including phenoxy) is 1. The maximum atomic E-state index is 13.5. The van der Waals surface area contributed by atoms with Crippen molar-refractivity contribution >= 4 is 11.0 Å². The quantitative estimate of drug-likeness (QED) is 0.216. The highest BCUT2D eigenvalue weighted by molar-refractivity contribution is 5.81. The molecule has 2 aromatic carbocycles. The molecule has 2 aromatic heterocycles. The van der Waals surface area contributed by atoms with E-state index in [9.17, 15) is 4.79 Å².